The summed E-state index contributed by atoms with van der Waals surface area (Å²) in [4.78, 5) is 16.7. The predicted molar refractivity (Wildman–Crippen MR) is 93.5 cm³/mol. The average molecular weight is 328 g/mol. The fourth-order valence-electron chi connectivity index (χ4n) is 4.32. The van der Waals surface area contributed by atoms with E-state index in [9.17, 15) is 4.79 Å². The average Bonchev–Trinajstić information content (AvgIpc) is 3.29. The molecule has 3 fully saturated rings. The van der Waals surface area contributed by atoms with Gasteiger partial charge in [-0.05, 0) is 37.8 Å². The van der Waals surface area contributed by atoms with Crippen LogP contribution in [0.25, 0.3) is 0 Å². The Hall–Kier alpha value is -1.39. The summed E-state index contributed by atoms with van der Waals surface area (Å²) in [5.74, 6) is 1.08. The Morgan fingerprint density at radius 3 is 2.67 bits per heavy atom. The summed E-state index contributed by atoms with van der Waals surface area (Å²) in [5.41, 5.74) is 1.56. The van der Waals surface area contributed by atoms with Crippen LogP contribution in [0, 0.1) is 11.3 Å². The number of ether oxygens (including phenoxy) is 1. The summed E-state index contributed by atoms with van der Waals surface area (Å²) in [5, 5.41) is 0. The SMILES string of the molecule is CN1CC2(CC1COCc1ccccc1)CN(C(=O)CC1CC1)C2. The third-order valence-electron chi connectivity index (χ3n) is 5.86. The summed E-state index contributed by atoms with van der Waals surface area (Å²) in [6, 6.07) is 10.8. The molecule has 2 heterocycles. The van der Waals surface area contributed by atoms with Crippen LogP contribution in [0.2, 0.25) is 0 Å². The fraction of sp³-hybridized carbons (Fsp3) is 0.650. The molecule has 0 N–H and O–H groups in total. The Morgan fingerprint density at radius 2 is 1.96 bits per heavy atom. The van der Waals surface area contributed by atoms with Crippen LogP contribution in [0.15, 0.2) is 30.3 Å². The number of likely N-dealkylation sites (tertiary alicyclic amines) is 2. The first-order valence-corrected chi connectivity index (χ1v) is 9.23. The number of amides is 1. The molecule has 2 aliphatic heterocycles. The zero-order chi connectivity index (χ0) is 16.6. The molecule has 1 aliphatic carbocycles. The Kier molecular flexibility index (Phi) is 4.35. The smallest absolute Gasteiger partial charge is 0.222 e. The summed E-state index contributed by atoms with van der Waals surface area (Å²) >= 11 is 0. The van der Waals surface area contributed by atoms with Crippen molar-refractivity contribution in [2.45, 2.75) is 38.3 Å². The first kappa shape index (κ1) is 16.1. The van der Waals surface area contributed by atoms with E-state index in [0.29, 0.717) is 29.9 Å². The molecule has 4 rings (SSSR count). The molecule has 0 radical (unpaired) electrons. The molecule has 1 spiro atoms. The van der Waals surface area contributed by atoms with Gasteiger partial charge in [0.05, 0.1) is 13.2 Å². The first-order valence-electron chi connectivity index (χ1n) is 9.23. The Morgan fingerprint density at radius 1 is 1.21 bits per heavy atom. The normalized spacial score (nSPS) is 25.9. The van der Waals surface area contributed by atoms with Crippen molar-refractivity contribution >= 4 is 5.91 Å². The summed E-state index contributed by atoms with van der Waals surface area (Å²) < 4.78 is 5.95. The van der Waals surface area contributed by atoms with E-state index in [2.05, 4.69) is 41.1 Å². The second-order valence-electron chi connectivity index (χ2n) is 8.17. The monoisotopic (exact) mass is 328 g/mol. The van der Waals surface area contributed by atoms with Crippen molar-refractivity contribution in [2.75, 3.05) is 33.3 Å². The van der Waals surface area contributed by atoms with Crippen LogP contribution in [-0.4, -0.2) is 55.0 Å². The lowest BCUT2D eigenvalue weighted by atomic mass is 9.77. The molecule has 0 bridgehead atoms. The van der Waals surface area contributed by atoms with E-state index < -0.39 is 0 Å². The quantitative estimate of drug-likeness (QED) is 0.804. The van der Waals surface area contributed by atoms with E-state index in [0.717, 1.165) is 39.1 Å². The molecule has 24 heavy (non-hydrogen) atoms. The molecule has 0 aromatic heterocycles. The molecule has 1 amide bonds. The molecule has 2 saturated heterocycles. The lowest BCUT2D eigenvalue weighted by Gasteiger charge is -2.48. The Labute approximate surface area is 144 Å². The van der Waals surface area contributed by atoms with Crippen molar-refractivity contribution in [3.63, 3.8) is 0 Å². The fourth-order valence-corrected chi connectivity index (χ4v) is 4.32. The number of hydrogen-bond donors (Lipinski definition) is 0. The zero-order valence-corrected chi connectivity index (χ0v) is 14.6. The van der Waals surface area contributed by atoms with Crippen LogP contribution in [0.5, 0.6) is 0 Å². The van der Waals surface area contributed by atoms with Crippen molar-refractivity contribution in [1.82, 2.24) is 9.80 Å². The maximum atomic E-state index is 12.2. The third-order valence-corrected chi connectivity index (χ3v) is 5.86. The van der Waals surface area contributed by atoms with Gasteiger partial charge in [0.2, 0.25) is 5.91 Å². The molecular formula is C20H28N2O2. The molecule has 1 unspecified atom stereocenters. The highest BCUT2D eigenvalue weighted by atomic mass is 16.5. The van der Waals surface area contributed by atoms with Gasteiger partial charge in [0.1, 0.15) is 0 Å². The van der Waals surface area contributed by atoms with Crippen molar-refractivity contribution in [2.24, 2.45) is 11.3 Å². The highest BCUT2D eigenvalue weighted by Gasteiger charge is 2.51. The van der Waals surface area contributed by atoms with Crippen LogP contribution in [0.1, 0.15) is 31.2 Å². The predicted octanol–water partition coefficient (Wildman–Crippen LogP) is 2.54. The van der Waals surface area contributed by atoms with Crippen LogP contribution >= 0.6 is 0 Å². The van der Waals surface area contributed by atoms with Crippen molar-refractivity contribution in [3.05, 3.63) is 35.9 Å². The molecule has 4 heteroatoms. The van der Waals surface area contributed by atoms with E-state index in [4.69, 9.17) is 4.74 Å². The van der Waals surface area contributed by atoms with Crippen molar-refractivity contribution in [1.29, 1.82) is 0 Å². The van der Waals surface area contributed by atoms with E-state index in [-0.39, 0.29) is 0 Å². The molecule has 1 saturated carbocycles. The van der Waals surface area contributed by atoms with Gasteiger partial charge in [-0.3, -0.25) is 4.79 Å². The van der Waals surface area contributed by atoms with E-state index >= 15 is 0 Å². The van der Waals surface area contributed by atoms with Gasteiger partial charge < -0.3 is 14.5 Å². The van der Waals surface area contributed by atoms with Gasteiger partial charge in [-0.1, -0.05) is 30.3 Å². The highest BCUT2D eigenvalue weighted by Crippen LogP contribution is 2.43. The maximum absolute atomic E-state index is 12.2. The topological polar surface area (TPSA) is 32.8 Å². The van der Waals surface area contributed by atoms with Gasteiger partial charge >= 0.3 is 0 Å². The van der Waals surface area contributed by atoms with Gasteiger partial charge in [-0.15, -0.1) is 0 Å². The van der Waals surface area contributed by atoms with Gasteiger partial charge in [0.25, 0.3) is 0 Å². The largest absolute Gasteiger partial charge is 0.375 e. The van der Waals surface area contributed by atoms with Crippen LogP contribution in [0.4, 0.5) is 0 Å². The number of carbonyl (C=O) groups excluding carboxylic acids is 1. The summed E-state index contributed by atoms with van der Waals surface area (Å²) in [6.45, 7) is 4.48. The first-order chi connectivity index (χ1) is 11.6. The van der Waals surface area contributed by atoms with Gasteiger partial charge in [0, 0.05) is 37.5 Å². The van der Waals surface area contributed by atoms with Crippen molar-refractivity contribution in [3.8, 4) is 0 Å². The zero-order valence-electron chi connectivity index (χ0n) is 14.6. The van der Waals surface area contributed by atoms with E-state index in [1.165, 1.54) is 18.4 Å². The van der Waals surface area contributed by atoms with Crippen molar-refractivity contribution < 1.29 is 9.53 Å². The molecule has 4 nitrogen and oxygen atoms in total. The number of benzene rings is 1. The van der Waals surface area contributed by atoms with E-state index in [1.54, 1.807) is 0 Å². The third kappa shape index (κ3) is 3.50. The van der Waals surface area contributed by atoms with Crippen LogP contribution in [0.3, 0.4) is 0 Å². The lowest BCUT2D eigenvalue weighted by molar-refractivity contribution is -0.143. The number of carbonyl (C=O) groups is 1. The molecular weight excluding hydrogens is 300 g/mol. The molecule has 130 valence electrons. The van der Waals surface area contributed by atoms with E-state index in [1.807, 2.05) is 6.07 Å². The number of likely N-dealkylation sites (N-methyl/N-ethyl adjacent to an activating group) is 1. The lowest BCUT2D eigenvalue weighted by Crippen LogP contribution is -2.59. The standard InChI is InChI=1S/C20H28N2O2/c1-21-13-20(14-22(15-20)19(23)9-16-7-8-16)10-18(21)12-24-11-17-5-3-2-4-6-17/h2-6,16,18H,7-15H2,1H3. The number of rotatable bonds is 6. The summed E-state index contributed by atoms with van der Waals surface area (Å²) in [7, 11) is 2.19. The second kappa shape index (κ2) is 6.49. The minimum Gasteiger partial charge on any atom is -0.375 e. The van der Waals surface area contributed by atoms with Gasteiger partial charge in [-0.25, -0.2) is 0 Å². The summed E-state index contributed by atoms with van der Waals surface area (Å²) in [6.07, 6.45) is 4.46. The molecule has 1 aromatic carbocycles. The maximum Gasteiger partial charge on any atom is 0.222 e. The minimum absolute atomic E-state index is 0.328. The Balaban J connectivity index is 1.22. The van der Waals surface area contributed by atoms with Gasteiger partial charge in [-0.2, -0.15) is 0 Å². The van der Waals surface area contributed by atoms with Gasteiger partial charge in [0.15, 0.2) is 0 Å². The minimum atomic E-state index is 0.328. The second-order valence-corrected chi connectivity index (χ2v) is 8.17. The Bertz CT molecular complexity index is 579. The van der Waals surface area contributed by atoms with Crippen LogP contribution in [-0.2, 0) is 16.1 Å². The highest BCUT2D eigenvalue weighted by molar-refractivity contribution is 5.77. The molecule has 1 atom stereocenters. The van der Waals surface area contributed by atoms with Crippen LogP contribution < -0.4 is 0 Å². The number of hydrogen-bond acceptors (Lipinski definition) is 3. The molecule has 1 aromatic rings. The molecule has 3 aliphatic rings. The number of nitrogens with zero attached hydrogens (tertiary/aromatic N) is 2.